The Morgan fingerprint density at radius 3 is 2.32 bits per heavy atom. The lowest BCUT2D eigenvalue weighted by Crippen LogP contribution is -2.67. The fourth-order valence-electron chi connectivity index (χ4n) is 7.10. The monoisotopic (exact) mass is 783 g/mol. The van der Waals surface area contributed by atoms with E-state index in [-0.39, 0.29) is 48.1 Å². The number of para-hydroxylation sites is 1. The standard InChI is InChI=1S/C39H49F4N9O4/c1-5-23(3)32(35(54)44-18-9-10-19-52-22-45-50-51-52)48-37(56)38(17-16-30-27(21-38)26-13-11-14-28(34(26)46-30)39(41,42)43)49-36(55)33(24(4)6-2)47-31(53)20-25-12-7-8-15-29(25)40/h7-8,11-15,22-24,32-33,46H,5-6,9-10,16-21H2,1-4H3,(H,44,54)(H,47,53)(H,48,56)(H,49,55)/t23?,24?,32-,33-,38+/m0/s1. The Morgan fingerprint density at radius 1 is 0.946 bits per heavy atom. The van der Waals surface area contributed by atoms with Crippen molar-refractivity contribution in [2.24, 2.45) is 11.8 Å². The summed E-state index contributed by atoms with van der Waals surface area (Å²) in [4.78, 5) is 58.8. The molecule has 0 saturated heterocycles. The van der Waals surface area contributed by atoms with Crippen LogP contribution in [-0.4, -0.2) is 73.0 Å². The summed E-state index contributed by atoms with van der Waals surface area (Å²) in [5.74, 6) is -3.74. The van der Waals surface area contributed by atoms with Crippen molar-refractivity contribution in [3.8, 4) is 0 Å². The predicted molar refractivity (Wildman–Crippen MR) is 199 cm³/mol. The molecule has 0 bridgehead atoms. The van der Waals surface area contributed by atoms with Gasteiger partial charge in [0.05, 0.1) is 17.5 Å². The molecular formula is C39H49F4N9O4. The highest BCUT2D eigenvalue weighted by molar-refractivity contribution is 5.98. The fourth-order valence-corrected chi connectivity index (χ4v) is 7.10. The van der Waals surface area contributed by atoms with Crippen molar-refractivity contribution in [3.63, 3.8) is 0 Å². The van der Waals surface area contributed by atoms with Crippen molar-refractivity contribution in [2.45, 2.75) is 109 Å². The van der Waals surface area contributed by atoms with E-state index in [4.69, 9.17) is 0 Å². The zero-order valence-electron chi connectivity index (χ0n) is 31.9. The summed E-state index contributed by atoms with van der Waals surface area (Å²) in [7, 11) is 0. The first-order valence-corrected chi connectivity index (χ1v) is 19.0. The number of amides is 4. The summed E-state index contributed by atoms with van der Waals surface area (Å²) in [6, 6.07) is 7.46. The van der Waals surface area contributed by atoms with Crippen LogP contribution in [0.3, 0.4) is 0 Å². The van der Waals surface area contributed by atoms with E-state index in [0.29, 0.717) is 50.0 Å². The number of carbonyl (C=O) groups is 4. The van der Waals surface area contributed by atoms with Gasteiger partial charge in [0.1, 0.15) is 29.8 Å². The van der Waals surface area contributed by atoms with Gasteiger partial charge < -0.3 is 26.3 Å². The number of benzene rings is 2. The number of unbranched alkanes of at least 4 members (excludes halogenated alkanes) is 1. The quantitative estimate of drug-likeness (QED) is 0.0771. The third-order valence-corrected chi connectivity index (χ3v) is 10.8. The van der Waals surface area contributed by atoms with E-state index in [2.05, 4.69) is 41.8 Å². The first-order chi connectivity index (χ1) is 26.7. The molecule has 0 aliphatic heterocycles. The normalized spacial score (nSPS) is 17.6. The number of halogens is 4. The van der Waals surface area contributed by atoms with Gasteiger partial charge in [-0.3, -0.25) is 19.2 Å². The Kier molecular flexibility index (Phi) is 13.5. The first-order valence-electron chi connectivity index (χ1n) is 19.0. The Labute approximate surface area is 322 Å². The third-order valence-electron chi connectivity index (χ3n) is 10.8. The van der Waals surface area contributed by atoms with E-state index >= 15 is 0 Å². The van der Waals surface area contributed by atoms with Gasteiger partial charge in [-0.15, -0.1) is 5.10 Å². The van der Waals surface area contributed by atoms with E-state index in [1.54, 1.807) is 17.7 Å². The van der Waals surface area contributed by atoms with E-state index in [0.717, 1.165) is 6.07 Å². The Morgan fingerprint density at radius 2 is 1.66 bits per heavy atom. The Bertz CT molecular complexity index is 2000. The first kappa shape index (κ1) is 41.8. The van der Waals surface area contributed by atoms with Crippen LogP contribution in [0.1, 0.15) is 82.2 Å². The lowest BCUT2D eigenvalue weighted by Gasteiger charge is -2.39. The van der Waals surface area contributed by atoms with Crippen LogP contribution >= 0.6 is 0 Å². The molecule has 1 aliphatic carbocycles. The molecule has 2 unspecified atom stereocenters. The zero-order chi connectivity index (χ0) is 40.6. The van der Waals surface area contributed by atoms with Crippen molar-refractivity contribution in [1.29, 1.82) is 0 Å². The number of aromatic nitrogens is 5. The molecule has 0 radical (unpaired) electrons. The van der Waals surface area contributed by atoms with Crippen LogP contribution in [0.15, 0.2) is 48.8 Å². The van der Waals surface area contributed by atoms with Gasteiger partial charge in [0.25, 0.3) is 0 Å². The second kappa shape index (κ2) is 18.1. The molecule has 0 spiro atoms. The number of nitrogens with one attached hydrogen (secondary N) is 5. The third kappa shape index (κ3) is 9.71. The van der Waals surface area contributed by atoms with Crippen molar-refractivity contribution in [2.75, 3.05) is 6.54 Å². The fraction of sp³-hybridized carbons (Fsp3) is 0.513. The number of hydrogen-bond acceptors (Lipinski definition) is 7. The largest absolute Gasteiger partial charge is 0.418 e. The summed E-state index contributed by atoms with van der Waals surface area (Å²) in [5.41, 5.74) is -1.63. The van der Waals surface area contributed by atoms with Crippen LogP contribution in [0, 0.1) is 17.7 Å². The van der Waals surface area contributed by atoms with Gasteiger partial charge in [0, 0.05) is 30.6 Å². The minimum absolute atomic E-state index is 0.0197. The second-order valence-corrected chi connectivity index (χ2v) is 14.7. The van der Waals surface area contributed by atoms with Crippen molar-refractivity contribution in [3.05, 3.63) is 77.0 Å². The number of aromatic amines is 1. The van der Waals surface area contributed by atoms with E-state index in [9.17, 15) is 36.7 Å². The highest BCUT2D eigenvalue weighted by atomic mass is 19.4. The molecule has 4 aromatic rings. The number of hydrogen-bond donors (Lipinski definition) is 5. The Hall–Kier alpha value is -5.35. The van der Waals surface area contributed by atoms with Crippen LogP contribution in [-0.2, 0) is 51.2 Å². The van der Waals surface area contributed by atoms with Gasteiger partial charge in [-0.2, -0.15) is 13.2 Å². The van der Waals surface area contributed by atoms with Gasteiger partial charge in [-0.1, -0.05) is 70.9 Å². The van der Waals surface area contributed by atoms with Crippen molar-refractivity contribution < 1.29 is 36.7 Å². The van der Waals surface area contributed by atoms with Crippen LogP contribution in [0.25, 0.3) is 10.9 Å². The van der Waals surface area contributed by atoms with Crippen LogP contribution in [0.4, 0.5) is 17.6 Å². The summed E-state index contributed by atoms with van der Waals surface area (Å²) >= 11 is 0. The minimum atomic E-state index is -4.65. The highest BCUT2D eigenvalue weighted by Gasteiger charge is 2.47. The molecule has 5 rings (SSSR count). The zero-order valence-corrected chi connectivity index (χ0v) is 31.9. The number of fused-ring (bicyclic) bond motifs is 3. The maximum atomic E-state index is 14.7. The number of tetrazole rings is 1. The van der Waals surface area contributed by atoms with Crippen molar-refractivity contribution >= 4 is 34.5 Å². The lowest BCUT2D eigenvalue weighted by molar-refractivity contribution is -0.139. The minimum Gasteiger partial charge on any atom is -0.358 e. The molecule has 0 fully saturated rings. The van der Waals surface area contributed by atoms with Gasteiger partial charge in [0.15, 0.2) is 0 Å². The number of rotatable bonds is 17. The molecular weight excluding hydrogens is 734 g/mol. The summed E-state index contributed by atoms with van der Waals surface area (Å²) in [6.45, 7) is 8.14. The summed E-state index contributed by atoms with van der Waals surface area (Å²) in [5, 5.41) is 22.7. The number of carbonyl (C=O) groups excluding carboxylic acids is 4. The van der Waals surface area contributed by atoms with Crippen LogP contribution < -0.4 is 21.3 Å². The summed E-state index contributed by atoms with van der Waals surface area (Å²) in [6.07, 6.45) is -1.33. The van der Waals surface area contributed by atoms with Crippen LogP contribution in [0.5, 0.6) is 0 Å². The average Bonchev–Trinajstić information content (AvgIpc) is 3.83. The van der Waals surface area contributed by atoms with Crippen LogP contribution in [0.2, 0.25) is 0 Å². The molecule has 302 valence electrons. The number of nitrogens with zero attached hydrogens (tertiary/aromatic N) is 4. The molecule has 4 amide bonds. The molecule has 56 heavy (non-hydrogen) atoms. The van der Waals surface area contributed by atoms with Gasteiger partial charge in [-0.25, -0.2) is 9.07 Å². The van der Waals surface area contributed by atoms with E-state index in [1.165, 1.54) is 36.7 Å². The number of H-pyrrole nitrogens is 1. The van der Waals surface area contributed by atoms with Gasteiger partial charge in [-0.05, 0) is 71.2 Å². The number of aryl methyl sites for hydroxylation is 2. The maximum Gasteiger partial charge on any atom is 0.418 e. The molecule has 2 heterocycles. The smallest absolute Gasteiger partial charge is 0.358 e. The molecule has 13 nitrogen and oxygen atoms in total. The molecule has 2 aromatic carbocycles. The topological polar surface area (TPSA) is 176 Å². The predicted octanol–water partition coefficient (Wildman–Crippen LogP) is 4.56. The molecule has 1 aliphatic rings. The maximum absolute atomic E-state index is 14.7. The average molecular weight is 784 g/mol. The Balaban J connectivity index is 1.43. The van der Waals surface area contributed by atoms with E-state index < -0.39 is 64.7 Å². The molecule has 5 atom stereocenters. The SMILES string of the molecule is CCC(C)[C@H](NC(=O)Cc1ccccc1F)C(=O)N[C@]1(C(=O)N[C@H](C(=O)NCCCCn2cnnn2)C(C)CC)CCc2[nH]c3c(C(F)(F)F)cccc3c2C1. The van der Waals surface area contributed by atoms with E-state index in [1.807, 2.05) is 20.8 Å². The second-order valence-electron chi connectivity index (χ2n) is 14.7. The number of alkyl halides is 3. The molecule has 17 heteroatoms. The highest BCUT2D eigenvalue weighted by Crippen LogP contribution is 2.40. The van der Waals surface area contributed by atoms with Gasteiger partial charge >= 0.3 is 6.18 Å². The molecule has 0 saturated carbocycles. The molecule has 5 N–H and O–H groups in total. The lowest BCUT2D eigenvalue weighted by atomic mass is 9.78. The molecule has 2 aromatic heterocycles. The summed E-state index contributed by atoms with van der Waals surface area (Å²) < 4.78 is 58.2. The van der Waals surface area contributed by atoms with Crippen molar-refractivity contribution in [1.82, 2.24) is 46.5 Å². The van der Waals surface area contributed by atoms with Gasteiger partial charge in [0.2, 0.25) is 23.6 Å².